The monoisotopic (exact) mass is 328 g/mol. The number of benzene rings is 2. The molecule has 0 aliphatic heterocycles. The third-order valence-corrected chi connectivity index (χ3v) is 3.88. The highest BCUT2D eigenvalue weighted by atomic mass is 32.2. The standard InChI is InChI=1S/C18H16O4S/c1-5-16(19)21-14-10-15(23-4)18(22-17(20)6-2)12-8-7-11(3)9-13(12)14/h5-10H,1-2H2,3-4H3. The minimum Gasteiger partial charge on any atom is -0.423 e. The zero-order chi connectivity index (χ0) is 17.0. The van der Waals surface area contributed by atoms with Gasteiger partial charge in [-0.25, -0.2) is 9.59 Å². The smallest absolute Gasteiger partial charge is 0.335 e. The zero-order valence-electron chi connectivity index (χ0n) is 12.9. The minimum absolute atomic E-state index is 0.399. The van der Waals surface area contributed by atoms with Crippen molar-refractivity contribution >= 4 is 34.5 Å². The fraction of sp³-hybridized carbons (Fsp3) is 0.111. The second-order valence-corrected chi connectivity index (χ2v) is 5.55. The van der Waals surface area contributed by atoms with Crippen molar-refractivity contribution in [3.05, 3.63) is 55.1 Å². The molecule has 0 heterocycles. The van der Waals surface area contributed by atoms with Crippen molar-refractivity contribution in [2.45, 2.75) is 11.8 Å². The van der Waals surface area contributed by atoms with Crippen LogP contribution in [0.5, 0.6) is 11.5 Å². The molecular formula is C18H16O4S. The molecule has 0 atom stereocenters. The number of esters is 2. The predicted octanol–water partition coefficient (Wildman–Crippen LogP) is 4.05. The molecule has 0 fully saturated rings. The van der Waals surface area contributed by atoms with Crippen LogP contribution in [0.15, 0.2) is 54.5 Å². The van der Waals surface area contributed by atoms with Gasteiger partial charge in [0.1, 0.15) is 5.75 Å². The molecule has 0 bridgehead atoms. The minimum atomic E-state index is -0.546. The Kier molecular flexibility index (Phi) is 5.24. The van der Waals surface area contributed by atoms with Crippen LogP contribution in [0.3, 0.4) is 0 Å². The van der Waals surface area contributed by atoms with Gasteiger partial charge in [-0.15, -0.1) is 11.8 Å². The molecule has 118 valence electrons. The fourth-order valence-electron chi connectivity index (χ4n) is 2.09. The van der Waals surface area contributed by atoms with Crippen LogP contribution in [0.2, 0.25) is 0 Å². The first-order valence-electron chi connectivity index (χ1n) is 6.80. The highest BCUT2D eigenvalue weighted by Gasteiger charge is 2.17. The Hall–Kier alpha value is -2.53. The van der Waals surface area contributed by atoms with Crippen molar-refractivity contribution in [1.82, 2.24) is 0 Å². The highest BCUT2D eigenvalue weighted by molar-refractivity contribution is 7.98. The number of hydrogen-bond acceptors (Lipinski definition) is 5. The van der Waals surface area contributed by atoms with Crippen molar-refractivity contribution in [2.75, 3.05) is 6.26 Å². The van der Waals surface area contributed by atoms with Gasteiger partial charge in [0.15, 0.2) is 5.75 Å². The fourth-order valence-corrected chi connectivity index (χ4v) is 2.65. The van der Waals surface area contributed by atoms with E-state index in [1.807, 2.05) is 31.4 Å². The van der Waals surface area contributed by atoms with E-state index in [9.17, 15) is 9.59 Å². The van der Waals surface area contributed by atoms with E-state index in [4.69, 9.17) is 9.47 Å². The molecule has 2 aromatic rings. The third-order valence-electron chi connectivity index (χ3n) is 3.14. The topological polar surface area (TPSA) is 52.6 Å². The summed E-state index contributed by atoms with van der Waals surface area (Å²) in [5.41, 5.74) is 0.992. The maximum atomic E-state index is 11.6. The van der Waals surface area contributed by atoms with Crippen LogP contribution in [0, 0.1) is 6.92 Å². The zero-order valence-corrected chi connectivity index (χ0v) is 13.7. The summed E-state index contributed by atoms with van der Waals surface area (Å²) in [6.45, 7) is 8.74. The summed E-state index contributed by atoms with van der Waals surface area (Å²) in [6, 6.07) is 7.29. The molecule has 0 radical (unpaired) electrons. The lowest BCUT2D eigenvalue weighted by Crippen LogP contribution is -2.07. The molecule has 2 rings (SSSR count). The van der Waals surface area contributed by atoms with Crippen LogP contribution in [-0.4, -0.2) is 18.2 Å². The van der Waals surface area contributed by atoms with Crippen LogP contribution >= 0.6 is 11.8 Å². The molecule has 0 saturated heterocycles. The van der Waals surface area contributed by atoms with Gasteiger partial charge in [-0.05, 0) is 25.3 Å². The molecular weight excluding hydrogens is 312 g/mol. The summed E-state index contributed by atoms with van der Waals surface area (Å²) in [7, 11) is 0. The van der Waals surface area contributed by atoms with Gasteiger partial charge in [-0.1, -0.05) is 30.9 Å². The van der Waals surface area contributed by atoms with E-state index >= 15 is 0 Å². The molecule has 0 aliphatic rings. The van der Waals surface area contributed by atoms with Crippen LogP contribution in [0.4, 0.5) is 0 Å². The van der Waals surface area contributed by atoms with Gasteiger partial charge in [-0.3, -0.25) is 0 Å². The average molecular weight is 328 g/mol. The van der Waals surface area contributed by atoms with E-state index < -0.39 is 11.9 Å². The van der Waals surface area contributed by atoms with Crippen molar-refractivity contribution in [2.24, 2.45) is 0 Å². The maximum absolute atomic E-state index is 11.6. The SMILES string of the molecule is C=CC(=O)Oc1cc(SC)c(OC(=O)C=C)c2ccc(C)cc12. The van der Waals surface area contributed by atoms with E-state index in [2.05, 4.69) is 13.2 Å². The Morgan fingerprint density at radius 2 is 1.70 bits per heavy atom. The van der Waals surface area contributed by atoms with Gasteiger partial charge in [-0.2, -0.15) is 0 Å². The Bertz CT molecular complexity index is 808. The molecule has 0 unspecified atom stereocenters. The normalized spacial score (nSPS) is 10.2. The second-order valence-electron chi connectivity index (χ2n) is 4.71. The van der Waals surface area contributed by atoms with Crippen LogP contribution in [0.1, 0.15) is 5.56 Å². The van der Waals surface area contributed by atoms with Gasteiger partial charge in [0.05, 0.1) is 4.90 Å². The summed E-state index contributed by atoms with van der Waals surface area (Å²) < 4.78 is 10.7. The van der Waals surface area contributed by atoms with E-state index in [-0.39, 0.29) is 0 Å². The van der Waals surface area contributed by atoms with Crippen molar-refractivity contribution in [3.8, 4) is 11.5 Å². The molecule has 2 aromatic carbocycles. The summed E-state index contributed by atoms with van der Waals surface area (Å²) in [5.74, 6) is -0.263. The highest BCUT2D eigenvalue weighted by Crippen LogP contribution is 2.41. The lowest BCUT2D eigenvalue weighted by molar-refractivity contribution is -0.130. The lowest BCUT2D eigenvalue weighted by Gasteiger charge is -2.15. The molecule has 0 aromatic heterocycles. The maximum Gasteiger partial charge on any atom is 0.335 e. The molecule has 0 spiro atoms. The second kappa shape index (κ2) is 7.15. The summed E-state index contributed by atoms with van der Waals surface area (Å²) >= 11 is 1.39. The molecule has 0 amide bonds. The van der Waals surface area contributed by atoms with Gasteiger partial charge in [0, 0.05) is 22.9 Å². The van der Waals surface area contributed by atoms with Gasteiger partial charge in [0.2, 0.25) is 0 Å². The van der Waals surface area contributed by atoms with E-state index in [0.717, 1.165) is 17.7 Å². The van der Waals surface area contributed by atoms with Crippen molar-refractivity contribution in [1.29, 1.82) is 0 Å². The number of rotatable bonds is 5. The van der Waals surface area contributed by atoms with Crippen LogP contribution in [0.25, 0.3) is 10.8 Å². The molecule has 0 saturated carbocycles. The first-order chi connectivity index (χ1) is 11.0. The molecule has 4 nitrogen and oxygen atoms in total. The van der Waals surface area contributed by atoms with Crippen molar-refractivity contribution < 1.29 is 19.1 Å². The first-order valence-corrected chi connectivity index (χ1v) is 8.02. The van der Waals surface area contributed by atoms with E-state index in [1.165, 1.54) is 11.8 Å². The first kappa shape index (κ1) is 16.8. The van der Waals surface area contributed by atoms with Gasteiger partial charge in [0.25, 0.3) is 0 Å². The van der Waals surface area contributed by atoms with E-state index in [0.29, 0.717) is 27.2 Å². The Morgan fingerprint density at radius 3 is 2.30 bits per heavy atom. The predicted molar refractivity (Wildman–Crippen MR) is 92.1 cm³/mol. The number of ether oxygens (including phenoxy) is 2. The number of fused-ring (bicyclic) bond motifs is 1. The largest absolute Gasteiger partial charge is 0.423 e. The Balaban J connectivity index is 2.73. The molecule has 23 heavy (non-hydrogen) atoms. The van der Waals surface area contributed by atoms with Crippen molar-refractivity contribution in [3.63, 3.8) is 0 Å². The molecule has 0 N–H and O–H groups in total. The number of aryl methyl sites for hydroxylation is 1. The van der Waals surface area contributed by atoms with E-state index in [1.54, 1.807) is 6.07 Å². The molecule has 0 aliphatic carbocycles. The third kappa shape index (κ3) is 3.63. The number of carbonyl (C=O) groups is 2. The number of carbonyl (C=O) groups excluding carboxylic acids is 2. The lowest BCUT2D eigenvalue weighted by atomic mass is 10.1. The Morgan fingerprint density at radius 1 is 1.04 bits per heavy atom. The Labute approximate surface area is 138 Å². The number of thioether (sulfide) groups is 1. The van der Waals surface area contributed by atoms with Gasteiger partial charge < -0.3 is 9.47 Å². The summed E-state index contributed by atoms with van der Waals surface area (Å²) in [5, 5.41) is 1.37. The van der Waals surface area contributed by atoms with Crippen LogP contribution < -0.4 is 9.47 Å². The van der Waals surface area contributed by atoms with Crippen LogP contribution in [-0.2, 0) is 9.59 Å². The summed E-state index contributed by atoms with van der Waals surface area (Å²) in [6.07, 6.45) is 4.06. The number of hydrogen-bond donors (Lipinski definition) is 0. The molecule has 5 heteroatoms. The average Bonchev–Trinajstić information content (AvgIpc) is 2.56. The summed E-state index contributed by atoms with van der Waals surface area (Å²) in [4.78, 5) is 23.9. The van der Waals surface area contributed by atoms with Gasteiger partial charge >= 0.3 is 11.9 Å². The quantitative estimate of drug-likeness (QED) is 0.359.